The number of rotatable bonds is 8. The summed E-state index contributed by atoms with van der Waals surface area (Å²) in [5.74, 6) is -0.295. The van der Waals surface area contributed by atoms with Crippen molar-refractivity contribution in [2.24, 2.45) is 0 Å². The molecule has 0 fully saturated rings. The first-order valence-electron chi connectivity index (χ1n) is 10.6. The Morgan fingerprint density at radius 3 is 1.52 bits per heavy atom. The molecule has 6 heteroatoms. The summed E-state index contributed by atoms with van der Waals surface area (Å²) >= 11 is 0. The quantitative estimate of drug-likeness (QED) is 0.171. The molecule has 0 aliphatic heterocycles. The Balaban J connectivity index is 1.68. The SMILES string of the molecule is O=C(C[PH](c1ccccc1)(c1ccccc1)c1ccccc1)OCc1ccc([N+](=O)[O-])cc1. The van der Waals surface area contributed by atoms with Crippen LogP contribution in [0.4, 0.5) is 5.69 Å². The number of non-ortho nitro benzene ring substituents is 1. The second-order valence-corrected chi connectivity index (χ2v) is 11.7. The molecule has 0 N–H and O–H groups in total. The number of carbonyl (C=O) groups excluding carboxylic acids is 1. The van der Waals surface area contributed by atoms with Gasteiger partial charge >= 0.3 is 193 Å². The van der Waals surface area contributed by atoms with Crippen molar-refractivity contribution >= 4 is 34.8 Å². The van der Waals surface area contributed by atoms with Crippen LogP contribution in [0.5, 0.6) is 0 Å². The first-order valence-corrected chi connectivity index (χ1v) is 12.9. The number of ether oxygens (including phenoxy) is 1. The molecular formula is C27H24NO4P. The van der Waals surface area contributed by atoms with E-state index >= 15 is 0 Å². The molecule has 0 aromatic heterocycles. The summed E-state index contributed by atoms with van der Waals surface area (Å²) < 4.78 is 5.67. The van der Waals surface area contributed by atoms with E-state index in [0.717, 1.165) is 15.9 Å². The molecule has 0 bridgehead atoms. The summed E-state index contributed by atoms with van der Waals surface area (Å²) in [4.78, 5) is 23.6. The van der Waals surface area contributed by atoms with Crippen LogP contribution in [0.1, 0.15) is 5.56 Å². The number of hydrogen-bond donors (Lipinski definition) is 0. The van der Waals surface area contributed by atoms with E-state index in [-0.39, 0.29) is 24.4 Å². The van der Waals surface area contributed by atoms with E-state index in [1.54, 1.807) is 12.1 Å². The number of carbonyl (C=O) groups is 1. The molecule has 0 unspecified atom stereocenters. The van der Waals surface area contributed by atoms with Gasteiger partial charge in [0.2, 0.25) is 0 Å². The molecule has 0 atom stereocenters. The molecule has 0 spiro atoms. The molecule has 0 saturated heterocycles. The van der Waals surface area contributed by atoms with E-state index in [0.29, 0.717) is 5.56 Å². The van der Waals surface area contributed by atoms with Crippen molar-refractivity contribution in [1.29, 1.82) is 0 Å². The van der Waals surface area contributed by atoms with Gasteiger partial charge in [0, 0.05) is 0 Å². The van der Waals surface area contributed by atoms with E-state index in [2.05, 4.69) is 36.4 Å². The molecular weight excluding hydrogens is 433 g/mol. The number of esters is 1. The Bertz CT molecular complexity index is 1120. The summed E-state index contributed by atoms with van der Waals surface area (Å²) in [6, 6.07) is 36.6. The van der Waals surface area contributed by atoms with Crippen LogP contribution in [0.25, 0.3) is 0 Å². The summed E-state index contributed by atoms with van der Waals surface area (Å²) in [6.07, 6.45) is 0.248. The fourth-order valence-corrected chi connectivity index (χ4v) is 8.55. The first kappa shape index (κ1) is 22.4. The van der Waals surface area contributed by atoms with Gasteiger partial charge in [0.25, 0.3) is 0 Å². The molecule has 4 aromatic rings. The number of nitrogens with zero attached hydrogens (tertiary/aromatic N) is 1. The molecule has 33 heavy (non-hydrogen) atoms. The number of nitro groups is 1. The van der Waals surface area contributed by atoms with E-state index < -0.39 is 12.2 Å². The predicted molar refractivity (Wildman–Crippen MR) is 134 cm³/mol. The Morgan fingerprint density at radius 2 is 1.12 bits per heavy atom. The van der Waals surface area contributed by atoms with Crippen molar-refractivity contribution in [1.82, 2.24) is 0 Å². The van der Waals surface area contributed by atoms with Crippen LogP contribution in [0, 0.1) is 10.1 Å². The van der Waals surface area contributed by atoms with Gasteiger partial charge in [0.15, 0.2) is 0 Å². The van der Waals surface area contributed by atoms with Crippen LogP contribution in [0.15, 0.2) is 115 Å². The number of benzene rings is 4. The summed E-state index contributed by atoms with van der Waals surface area (Å²) in [6.45, 7) is 0.0691. The molecule has 166 valence electrons. The minimum absolute atomic E-state index is 0.00809. The predicted octanol–water partition coefficient (Wildman–Crippen LogP) is 4.36. The van der Waals surface area contributed by atoms with E-state index in [9.17, 15) is 14.9 Å². The van der Waals surface area contributed by atoms with E-state index in [1.807, 2.05) is 54.6 Å². The van der Waals surface area contributed by atoms with E-state index in [4.69, 9.17) is 4.74 Å². The van der Waals surface area contributed by atoms with Crippen LogP contribution in [0.2, 0.25) is 0 Å². The molecule has 0 saturated carbocycles. The minimum atomic E-state index is -2.71. The zero-order valence-corrected chi connectivity index (χ0v) is 19.0. The molecule has 0 aliphatic rings. The Labute approximate surface area is 193 Å². The average Bonchev–Trinajstić information content (AvgIpc) is 2.88. The van der Waals surface area contributed by atoms with Gasteiger partial charge < -0.3 is 0 Å². The van der Waals surface area contributed by atoms with Crippen LogP contribution in [-0.4, -0.2) is 17.1 Å². The second kappa shape index (κ2) is 10.2. The van der Waals surface area contributed by atoms with Gasteiger partial charge in [-0.15, -0.1) is 0 Å². The van der Waals surface area contributed by atoms with Crippen LogP contribution < -0.4 is 15.9 Å². The van der Waals surface area contributed by atoms with Gasteiger partial charge in [0.1, 0.15) is 0 Å². The van der Waals surface area contributed by atoms with Crippen LogP contribution in [0.3, 0.4) is 0 Å². The van der Waals surface area contributed by atoms with Gasteiger partial charge in [0.05, 0.1) is 0 Å². The standard InChI is InChI=1S/C27H24NO4P/c29-27(32-20-22-16-18-23(19-17-22)28(30)31)21-33(24-10-4-1-5-11-24,25-12-6-2-7-13-25)26-14-8-3-9-15-26/h1-19,33H,20-21H2. The van der Waals surface area contributed by atoms with Crippen LogP contribution >= 0.6 is 7.26 Å². The Morgan fingerprint density at radius 1 is 0.697 bits per heavy atom. The molecule has 0 amide bonds. The van der Waals surface area contributed by atoms with Crippen molar-refractivity contribution in [3.63, 3.8) is 0 Å². The third-order valence-corrected chi connectivity index (χ3v) is 10.5. The van der Waals surface area contributed by atoms with Gasteiger partial charge in [-0.3, -0.25) is 0 Å². The number of nitro benzene ring substituents is 1. The normalized spacial score (nSPS) is 11.5. The molecule has 0 aliphatic carbocycles. The first-order chi connectivity index (χ1) is 16.1. The summed E-state index contributed by atoms with van der Waals surface area (Å²) in [5, 5.41) is 14.3. The van der Waals surface area contributed by atoms with Crippen molar-refractivity contribution in [3.8, 4) is 0 Å². The fourth-order valence-electron chi connectivity index (χ4n) is 4.12. The molecule has 0 radical (unpaired) electrons. The second-order valence-electron chi connectivity index (χ2n) is 7.76. The molecule has 4 rings (SSSR count). The molecule has 0 heterocycles. The number of hydrogen-bond acceptors (Lipinski definition) is 4. The molecule has 4 aromatic carbocycles. The monoisotopic (exact) mass is 457 g/mol. The van der Waals surface area contributed by atoms with Crippen molar-refractivity contribution in [3.05, 3.63) is 131 Å². The zero-order chi connectivity index (χ0) is 23.1. The van der Waals surface area contributed by atoms with Gasteiger partial charge in [-0.25, -0.2) is 0 Å². The maximum absolute atomic E-state index is 13.2. The average molecular weight is 457 g/mol. The van der Waals surface area contributed by atoms with Crippen molar-refractivity contribution in [2.75, 3.05) is 6.16 Å². The molecule has 5 nitrogen and oxygen atoms in total. The van der Waals surface area contributed by atoms with E-state index in [1.165, 1.54) is 12.1 Å². The topological polar surface area (TPSA) is 69.4 Å². The summed E-state index contributed by atoms with van der Waals surface area (Å²) in [7, 11) is -2.71. The third kappa shape index (κ3) is 5.00. The van der Waals surface area contributed by atoms with Gasteiger partial charge in [-0.1, -0.05) is 0 Å². The Hall–Kier alpha value is -3.82. The van der Waals surface area contributed by atoms with Gasteiger partial charge in [-0.2, -0.15) is 0 Å². The van der Waals surface area contributed by atoms with Gasteiger partial charge in [-0.05, 0) is 0 Å². The zero-order valence-electron chi connectivity index (χ0n) is 18.0. The van der Waals surface area contributed by atoms with Crippen LogP contribution in [-0.2, 0) is 16.1 Å². The maximum atomic E-state index is 13.2. The van der Waals surface area contributed by atoms with Crippen molar-refractivity contribution < 1.29 is 14.5 Å². The fraction of sp³-hybridized carbons (Fsp3) is 0.0741. The van der Waals surface area contributed by atoms with Crippen molar-refractivity contribution in [2.45, 2.75) is 6.61 Å². The summed E-state index contributed by atoms with van der Waals surface area (Å²) in [5.41, 5.74) is 0.717. The Kier molecular flexibility index (Phi) is 6.92. The third-order valence-electron chi connectivity index (χ3n) is 5.76.